The minimum absolute atomic E-state index is 0.838. The fourth-order valence-electron chi connectivity index (χ4n) is 3.56. The van der Waals surface area contributed by atoms with Crippen LogP contribution in [0.2, 0.25) is 0 Å². The van der Waals surface area contributed by atoms with Gasteiger partial charge in [0.2, 0.25) is 0 Å². The van der Waals surface area contributed by atoms with E-state index in [2.05, 4.69) is 50.8 Å². The highest BCUT2D eigenvalue weighted by molar-refractivity contribution is 4.88. The van der Waals surface area contributed by atoms with Crippen LogP contribution in [0.3, 0.4) is 0 Å². The van der Waals surface area contributed by atoms with Crippen molar-refractivity contribution >= 4 is 0 Å². The van der Waals surface area contributed by atoms with Gasteiger partial charge in [0.1, 0.15) is 0 Å². The summed E-state index contributed by atoms with van der Waals surface area (Å²) in [6, 6.07) is 0. The van der Waals surface area contributed by atoms with Crippen LogP contribution < -0.4 is 0 Å². The van der Waals surface area contributed by atoms with Crippen molar-refractivity contribution in [2.24, 2.45) is 5.92 Å². The second-order valence-electron chi connectivity index (χ2n) is 8.40. The van der Waals surface area contributed by atoms with Crippen molar-refractivity contribution in [2.75, 3.05) is 0 Å². The van der Waals surface area contributed by atoms with E-state index in [9.17, 15) is 0 Å². The van der Waals surface area contributed by atoms with Crippen molar-refractivity contribution in [1.29, 1.82) is 0 Å². The van der Waals surface area contributed by atoms with E-state index in [1.807, 2.05) is 0 Å². The molecule has 0 aliphatic heterocycles. The van der Waals surface area contributed by atoms with E-state index < -0.39 is 0 Å². The summed E-state index contributed by atoms with van der Waals surface area (Å²) in [5.41, 5.74) is 0. The van der Waals surface area contributed by atoms with Crippen LogP contribution in [0.25, 0.3) is 0 Å². The molecule has 0 fully saturated rings. The van der Waals surface area contributed by atoms with Crippen LogP contribution in [-0.4, -0.2) is 0 Å². The smallest absolute Gasteiger partial charge is 0.0316 e. The molecule has 0 spiro atoms. The Labute approximate surface area is 172 Å². The van der Waals surface area contributed by atoms with Crippen LogP contribution in [0, 0.1) is 5.92 Å². The van der Waals surface area contributed by atoms with E-state index in [4.69, 9.17) is 0 Å². The Kier molecular flexibility index (Phi) is 22.6. The molecule has 0 heteroatoms. The third kappa shape index (κ3) is 23.2. The van der Waals surface area contributed by atoms with Gasteiger partial charge in [0, 0.05) is 0 Å². The maximum Gasteiger partial charge on any atom is -0.0316 e. The molecule has 0 saturated heterocycles. The number of hydrogen-bond donors (Lipinski definition) is 0. The Balaban J connectivity index is 3.15. The molecular weight excluding hydrogens is 324 g/mol. The molecule has 0 N–H and O–H groups in total. The Hall–Kier alpha value is -0.780. The molecule has 0 aliphatic rings. The van der Waals surface area contributed by atoms with Crippen molar-refractivity contribution < 1.29 is 0 Å². The van der Waals surface area contributed by atoms with Gasteiger partial charge in [0.05, 0.1) is 0 Å². The van der Waals surface area contributed by atoms with Gasteiger partial charge in [0.25, 0.3) is 0 Å². The molecule has 1 unspecified atom stereocenters. The number of hydrogen-bond acceptors (Lipinski definition) is 0. The first-order valence-corrected chi connectivity index (χ1v) is 12.2. The van der Waals surface area contributed by atoms with Gasteiger partial charge in [-0.15, -0.1) is 6.58 Å². The van der Waals surface area contributed by atoms with E-state index >= 15 is 0 Å². The summed E-state index contributed by atoms with van der Waals surface area (Å²) < 4.78 is 0. The van der Waals surface area contributed by atoms with Gasteiger partial charge < -0.3 is 0 Å². The fourth-order valence-corrected chi connectivity index (χ4v) is 3.56. The van der Waals surface area contributed by atoms with Crippen molar-refractivity contribution in [2.45, 2.75) is 129 Å². The van der Waals surface area contributed by atoms with Crippen LogP contribution in [0.15, 0.2) is 37.0 Å². The molecule has 0 radical (unpaired) electrons. The highest BCUT2D eigenvalue weighted by Crippen LogP contribution is 2.16. The van der Waals surface area contributed by atoms with Crippen molar-refractivity contribution in [3.63, 3.8) is 0 Å². The van der Waals surface area contributed by atoms with E-state index in [-0.39, 0.29) is 0 Å². The molecule has 0 bridgehead atoms. The molecule has 0 aromatic heterocycles. The maximum absolute atomic E-state index is 3.83. The molecule has 0 rings (SSSR count). The van der Waals surface area contributed by atoms with Crippen LogP contribution in [-0.2, 0) is 0 Å². The Bertz CT molecular complexity index is 336. The molecule has 0 heterocycles. The molecule has 0 aromatic carbocycles. The highest BCUT2D eigenvalue weighted by atomic mass is 14.0. The molecule has 0 aromatic rings. The summed E-state index contributed by atoms with van der Waals surface area (Å²) >= 11 is 0. The van der Waals surface area contributed by atoms with E-state index in [0.29, 0.717) is 0 Å². The third-order valence-electron chi connectivity index (χ3n) is 5.44. The lowest BCUT2D eigenvalue weighted by Crippen LogP contribution is -1.92. The molecule has 0 saturated carbocycles. The lowest BCUT2D eigenvalue weighted by molar-refractivity contribution is 0.483. The van der Waals surface area contributed by atoms with Crippen LogP contribution in [0.4, 0.5) is 0 Å². The van der Waals surface area contributed by atoms with Crippen molar-refractivity contribution in [3.8, 4) is 0 Å². The Morgan fingerprint density at radius 2 is 1.04 bits per heavy atom. The normalized spacial score (nSPS) is 13.0. The molecule has 158 valence electrons. The molecular formula is C27H50. The quantitative estimate of drug-likeness (QED) is 0.138. The summed E-state index contributed by atoms with van der Waals surface area (Å²) in [6.45, 7) is 8.44. The molecule has 0 amide bonds. The van der Waals surface area contributed by atoms with E-state index in [1.165, 1.54) is 116 Å². The van der Waals surface area contributed by atoms with Gasteiger partial charge in [-0.3, -0.25) is 0 Å². The Morgan fingerprint density at radius 3 is 1.56 bits per heavy atom. The Morgan fingerprint density at radius 1 is 0.593 bits per heavy atom. The zero-order valence-corrected chi connectivity index (χ0v) is 18.9. The average Bonchev–Trinajstić information content (AvgIpc) is 2.66. The predicted molar refractivity (Wildman–Crippen MR) is 126 cm³/mol. The first-order chi connectivity index (χ1) is 13.3. The summed E-state index contributed by atoms with van der Waals surface area (Å²) in [5.74, 6) is 0.838. The van der Waals surface area contributed by atoms with Gasteiger partial charge in [-0.25, -0.2) is 0 Å². The van der Waals surface area contributed by atoms with Gasteiger partial charge in [-0.05, 0) is 44.4 Å². The van der Waals surface area contributed by atoms with Crippen molar-refractivity contribution in [1.82, 2.24) is 0 Å². The number of allylic oxidation sites excluding steroid dienone is 5. The van der Waals surface area contributed by atoms with Crippen LogP contribution >= 0.6 is 0 Å². The molecule has 0 nitrogen and oxygen atoms in total. The SMILES string of the molecule is C=CCC(C)CCCCCCCCCCCC/C=C/CC/C=C/CCCC. The zero-order chi connectivity index (χ0) is 19.8. The van der Waals surface area contributed by atoms with E-state index in [0.717, 1.165) is 5.92 Å². The molecule has 0 aliphatic carbocycles. The minimum Gasteiger partial charge on any atom is -0.103 e. The second kappa shape index (κ2) is 23.3. The number of rotatable bonds is 21. The first-order valence-electron chi connectivity index (χ1n) is 12.2. The zero-order valence-electron chi connectivity index (χ0n) is 18.9. The van der Waals surface area contributed by atoms with Gasteiger partial charge >= 0.3 is 0 Å². The van der Waals surface area contributed by atoms with Gasteiger partial charge in [-0.1, -0.05) is 121 Å². The van der Waals surface area contributed by atoms with E-state index in [1.54, 1.807) is 0 Å². The third-order valence-corrected chi connectivity index (χ3v) is 5.44. The summed E-state index contributed by atoms with van der Waals surface area (Å²) in [6.07, 6.45) is 36.1. The van der Waals surface area contributed by atoms with Gasteiger partial charge in [-0.2, -0.15) is 0 Å². The summed E-state index contributed by atoms with van der Waals surface area (Å²) in [5, 5.41) is 0. The standard InChI is InChI=1S/C27H50/c1-4-6-7-8-9-10-11-12-13-14-15-16-17-18-19-20-21-22-23-24-26-27(3)25-5-2/h5,8-9,12-13,27H,2,4,6-7,10-11,14-26H2,1,3H3/b9-8+,13-12+. The minimum atomic E-state index is 0.838. The van der Waals surface area contributed by atoms with Crippen LogP contribution in [0.1, 0.15) is 129 Å². The number of unbranched alkanes of at least 4 members (excludes halogenated alkanes) is 13. The second-order valence-corrected chi connectivity index (χ2v) is 8.40. The summed E-state index contributed by atoms with van der Waals surface area (Å²) in [7, 11) is 0. The average molecular weight is 375 g/mol. The monoisotopic (exact) mass is 374 g/mol. The molecule has 27 heavy (non-hydrogen) atoms. The lowest BCUT2D eigenvalue weighted by atomic mass is 9.99. The largest absolute Gasteiger partial charge is 0.103 e. The van der Waals surface area contributed by atoms with Crippen molar-refractivity contribution in [3.05, 3.63) is 37.0 Å². The topological polar surface area (TPSA) is 0 Å². The van der Waals surface area contributed by atoms with Gasteiger partial charge in [0.15, 0.2) is 0 Å². The maximum atomic E-state index is 3.83. The first kappa shape index (κ1) is 26.2. The lowest BCUT2D eigenvalue weighted by Gasteiger charge is -2.07. The highest BCUT2D eigenvalue weighted by Gasteiger charge is 1.99. The summed E-state index contributed by atoms with van der Waals surface area (Å²) in [4.78, 5) is 0. The van der Waals surface area contributed by atoms with Crippen LogP contribution in [0.5, 0.6) is 0 Å². The predicted octanol–water partition coefficient (Wildman–Crippen LogP) is 9.96. The molecule has 1 atom stereocenters. The fraction of sp³-hybridized carbons (Fsp3) is 0.778.